The highest BCUT2D eigenvalue weighted by Gasteiger charge is 2.27. The summed E-state index contributed by atoms with van der Waals surface area (Å²) in [6.45, 7) is 4.77. The van der Waals surface area contributed by atoms with Gasteiger partial charge in [-0.3, -0.25) is 19.7 Å². The Morgan fingerprint density at radius 1 is 1.07 bits per heavy atom. The van der Waals surface area contributed by atoms with Crippen LogP contribution in [-0.2, 0) is 20.8 Å². The maximum absolute atomic E-state index is 12.7. The molecule has 0 radical (unpaired) electrons. The quantitative estimate of drug-likeness (QED) is 0.348. The highest BCUT2D eigenvalue weighted by molar-refractivity contribution is 5.86. The Morgan fingerprint density at radius 2 is 1.71 bits per heavy atom. The Balaban J connectivity index is 2.83. The van der Waals surface area contributed by atoms with Gasteiger partial charge in [0.2, 0.25) is 5.91 Å². The molecule has 1 aromatic rings. The van der Waals surface area contributed by atoms with E-state index in [0.717, 1.165) is 4.90 Å². The van der Waals surface area contributed by atoms with Crippen LogP contribution in [0.1, 0.15) is 32.8 Å². The largest absolute Gasteiger partial charge is 0.504 e. The number of nitrogens with one attached hydrogen (secondary N) is 1. The maximum atomic E-state index is 12.7. The standard InChI is InChI=1S/C19H28N2O7/c1-11(2)8-14(19(27)28)20-12(3)18(26)21(10-17(24)25)7-6-13-4-5-15(22)16(23)9-13/h4-5,9,11-12,14,20,22-23H,6-8,10H2,1-3H3,(H,24,25)(H,27,28). The summed E-state index contributed by atoms with van der Waals surface area (Å²) in [4.78, 5) is 36.3. The van der Waals surface area contributed by atoms with Crippen LogP contribution in [-0.4, -0.2) is 68.3 Å². The number of phenolic OH excluding ortho intramolecular Hbond substituents is 2. The molecule has 0 aliphatic heterocycles. The second kappa shape index (κ2) is 10.5. The SMILES string of the molecule is CC(C)CC(NC(C)C(=O)N(CCc1ccc(O)c(O)c1)CC(=O)O)C(=O)O. The average molecular weight is 396 g/mol. The number of carboxylic acids is 2. The first-order valence-corrected chi connectivity index (χ1v) is 9.01. The van der Waals surface area contributed by atoms with Gasteiger partial charge in [0.1, 0.15) is 12.6 Å². The Bertz CT molecular complexity index is 706. The number of amides is 1. The van der Waals surface area contributed by atoms with Crippen molar-refractivity contribution in [1.29, 1.82) is 0 Å². The summed E-state index contributed by atoms with van der Waals surface area (Å²) in [6, 6.07) is 2.40. The fourth-order valence-corrected chi connectivity index (χ4v) is 2.78. The molecule has 2 atom stereocenters. The zero-order valence-electron chi connectivity index (χ0n) is 16.3. The van der Waals surface area contributed by atoms with E-state index in [9.17, 15) is 29.7 Å². The molecule has 0 aliphatic carbocycles. The van der Waals surface area contributed by atoms with Crippen molar-refractivity contribution in [2.24, 2.45) is 5.92 Å². The minimum Gasteiger partial charge on any atom is -0.504 e. The third-order valence-electron chi connectivity index (χ3n) is 4.17. The van der Waals surface area contributed by atoms with Crippen molar-refractivity contribution in [3.63, 3.8) is 0 Å². The molecule has 0 aliphatic rings. The van der Waals surface area contributed by atoms with Gasteiger partial charge < -0.3 is 25.3 Å². The van der Waals surface area contributed by atoms with Gasteiger partial charge in [0.05, 0.1) is 6.04 Å². The Morgan fingerprint density at radius 3 is 2.21 bits per heavy atom. The zero-order valence-corrected chi connectivity index (χ0v) is 16.3. The van der Waals surface area contributed by atoms with Crippen LogP contribution in [0.25, 0.3) is 0 Å². The third-order valence-corrected chi connectivity index (χ3v) is 4.17. The van der Waals surface area contributed by atoms with E-state index in [1.54, 1.807) is 6.07 Å². The fourth-order valence-electron chi connectivity index (χ4n) is 2.78. The molecule has 28 heavy (non-hydrogen) atoms. The van der Waals surface area contributed by atoms with Crippen LogP contribution in [0.5, 0.6) is 11.5 Å². The van der Waals surface area contributed by atoms with Crippen LogP contribution in [0.4, 0.5) is 0 Å². The molecule has 156 valence electrons. The number of rotatable bonds is 11. The van der Waals surface area contributed by atoms with E-state index in [2.05, 4.69) is 5.32 Å². The van der Waals surface area contributed by atoms with Crippen LogP contribution < -0.4 is 5.32 Å². The van der Waals surface area contributed by atoms with E-state index in [1.165, 1.54) is 19.1 Å². The molecule has 0 aromatic heterocycles. The van der Waals surface area contributed by atoms with Gasteiger partial charge in [0.15, 0.2) is 11.5 Å². The van der Waals surface area contributed by atoms with E-state index in [4.69, 9.17) is 5.11 Å². The summed E-state index contributed by atoms with van der Waals surface area (Å²) < 4.78 is 0. The molecule has 2 unspecified atom stereocenters. The lowest BCUT2D eigenvalue weighted by Gasteiger charge is -2.27. The Kier molecular flexibility index (Phi) is 8.72. The van der Waals surface area contributed by atoms with Crippen molar-refractivity contribution in [3.8, 4) is 11.5 Å². The predicted octanol–water partition coefficient (Wildman–Crippen LogP) is 1.03. The van der Waals surface area contributed by atoms with Crippen LogP contribution >= 0.6 is 0 Å². The molecule has 9 heteroatoms. The van der Waals surface area contributed by atoms with Gasteiger partial charge in [0, 0.05) is 6.54 Å². The van der Waals surface area contributed by atoms with Gasteiger partial charge >= 0.3 is 11.9 Å². The number of phenols is 2. The number of carbonyl (C=O) groups is 3. The van der Waals surface area contributed by atoms with Crippen LogP contribution in [0.2, 0.25) is 0 Å². The van der Waals surface area contributed by atoms with E-state index in [0.29, 0.717) is 12.0 Å². The lowest BCUT2D eigenvalue weighted by molar-refractivity contribution is -0.146. The van der Waals surface area contributed by atoms with Crippen LogP contribution in [0, 0.1) is 5.92 Å². The van der Waals surface area contributed by atoms with E-state index < -0.39 is 36.5 Å². The van der Waals surface area contributed by atoms with Gasteiger partial charge in [-0.2, -0.15) is 0 Å². The number of nitrogens with zero attached hydrogens (tertiary/aromatic N) is 1. The van der Waals surface area contributed by atoms with Crippen molar-refractivity contribution in [3.05, 3.63) is 23.8 Å². The van der Waals surface area contributed by atoms with Crippen molar-refractivity contribution in [1.82, 2.24) is 10.2 Å². The molecular weight excluding hydrogens is 368 g/mol. The molecule has 0 fully saturated rings. The number of hydrogen-bond donors (Lipinski definition) is 5. The summed E-state index contributed by atoms with van der Waals surface area (Å²) in [5, 5.41) is 40.1. The van der Waals surface area contributed by atoms with E-state index >= 15 is 0 Å². The summed E-state index contributed by atoms with van der Waals surface area (Å²) in [7, 11) is 0. The molecule has 1 amide bonds. The minimum atomic E-state index is -1.19. The van der Waals surface area contributed by atoms with Crippen molar-refractivity contribution < 1.29 is 34.8 Å². The number of aromatic hydroxyl groups is 2. The molecular formula is C19H28N2O7. The van der Waals surface area contributed by atoms with Gasteiger partial charge in [-0.15, -0.1) is 0 Å². The van der Waals surface area contributed by atoms with Crippen LogP contribution in [0.3, 0.4) is 0 Å². The molecule has 1 rings (SSSR count). The second-order valence-corrected chi connectivity index (χ2v) is 7.14. The van der Waals surface area contributed by atoms with Crippen molar-refractivity contribution in [2.45, 2.75) is 45.7 Å². The van der Waals surface area contributed by atoms with Gasteiger partial charge in [0.25, 0.3) is 0 Å². The minimum absolute atomic E-state index is 0.0588. The topological polar surface area (TPSA) is 147 Å². The van der Waals surface area contributed by atoms with E-state index in [1.807, 2.05) is 13.8 Å². The number of hydrogen-bond acceptors (Lipinski definition) is 6. The first-order chi connectivity index (χ1) is 13.0. The van der Waals surface area contributed by atoms with Gasteiger partial charge in [-0.05, 0) is 43.4 Å². The molecule has 0 spiro atoms. The second-order valence-electron chi connectivity index (χ2n) is 7.14. The third kappa shape index (κ3) is 7.43. The van der Waals surface area contributed by atoms with Crippen molar-refractivity contribution in [2.75, 3.05) is 13.1 Å². The maximum Gasteiger partial charge on any atom is 0.323 e. The molecule has 0 saturated heterocycles. The first-order valence-electron chi connectivity index (χ1n) is 9.01. The fraction of sp³-hybridized carbons (Fsp3) is 0.526. The normalized spacial score (nSPS) is 13.1. The number of benzene rings is 1. The molecule has 5 N–H and O–H groups in total. The zero-order chi connectivity index (χ0) is 21.4. The molecule has 0 bridgehead atoms. The summed E-state index contributed by atoms with van der Waals surface area (Å²) >= 11 is 0. The Hall–Kier alpha value is -2.81. The molecule has 1 aromatic carbocycles. The number of aliphatic carboxylic acids is 2. The van der Waals surface area contributed by atoms with Gasteiger partial charge in [-0.1, -0.05) is 19.9 Å². The lowest BCUT2D eigenvalue weighted by Crippen LogP contribution is -2.52. The molecule has 9 nitrogen and oxygen atoms in total. The predicted molar refractivity (Wildman–Crippen MR) is 101 cm³/mol. The highest BCUT2D eigenvalue weighted by atomic mass is 16.4. The molecule has 0 heterocycles. The van der Waals surface area contributed by atoms with Crippen LogP contribution in [0.15, 0.2) is 18.2 Å². The lowest BCUT2D eigenvalue weighted by atomic mass is 10.0. The first kappa shape index (κ1) is 23.2. The molecule has 0 saturated carbocycles. The highest BCUT2D eigenvalue weighted by Crippen LogP contribution is 2.25. The average Bonchev–Trinajstić information content (AvgIpc) is 2.59. The Labute approximate surface area is 163 Å². The van der Waals surface area contributed by atoms with Gasteiger partial charge in [-0.25, -0.2) is 0 Å². The van der Waals surface area contributed by atoms with E-state index in [-0.39, 0.29) is 30.4 Å². The summed E-state index contributed by atoms with van der Waals surface area (Å²) in [5.41, 5.74) is 0.613. The summed E-state index contributed by atoms with van der Waals surface area (Å²) in [6.07, 6.45) is 0.590. The number of carbonyl (C=O) groups excluding carboxylic acids is 1. The number of carboxylic acid groups (broad SMARTS) is 2. The van der Waals surface area contributed by atoms with Crippen molar-refractivity contribution >= 4 is 17.8 Å². The smallest absolute Gasteiger partial charge is 0.323 e. The monoisotopic (exact) mass is 396 g/mol. The summed E-state index contributed by atoms with van der Waals surface area (Å²) in [5.74, 6) is -3.26.